The van der Waals surface area contributed by atoms with Crippen molar-refractivity contribution in [3.63, 3.8) is 0 Å². The lowest BCUT2D eigenvalue weighted by atomic mass is 10.0. The first-order valence-corrected chi connectivity index (χ1v) is 8.34. The summed E-state index contributed by atoms with van der Waals surface area (Å²) in [6.07, 6.45) is 1.72. The maximum Gasteiger partial charge on any atom is 0.416 e. The van der Waals surface area contributed by atoms with E-state index in [0.29, 0.717) is 33.3 Å². The highest BCUT2D eigenvalue weighted by atomic mass is 19.4. The zero-order valence-corrected chi connectivity index (χ0v) is 14.4. The Balaban J connectivity index is 1.87. The maximum absolute atomic E-state index is 13.0. The lowest BCUT2D eigenvalue weighted by molar-refractivity contribution is -0.137. The predicted octanol–water partition coefficient (Wildman–Crippen LogP) is 3.99. The van der Waals surface area contributed by atoms with Gasteiger partial charge in [0.25, 0.3) is 5.56 Å². The Bertz CT molecular complexity index is 1200. The first-order valence-electron chi connectivity index (χ1n) is 8.34. The standard InChI is InChI=1S/C20H13F3N4O/c21-20(22,23)15-3-1-2-12(6-15)7-17-18-13(4-5-26-19(18)28)8-16(27-17)14-9-24-11-25-10-14/h1-6,8-11H,7H2,(H,26,28). The summed E-state index contributed by atoms with van der Waals surface area (Å²) >= 11 is 0. The number of nitrogens with zero attached hydrogens (tertiary/aromatic N) is 3. The second kappa shape index (κ2) is 6.88. The van der Waals surface area contributed by atoms with Gasteiger partial charge in [-0.2, -0.15) is 13.2 Å². The van der Waals surface area contributed by atoms with Gasteiger partial charge >= 0.3 is 6.18 Å². The summed E-state index contributed by atoms with van der Waals surface area (Å²) in [6.45, 7) is 0. The summed E-state index contributed by atoms with van der Waals surface area (Å²) in [7, 11) is 0. The van der Waals surface area contributed by atoms with E-state index in [1.165, 1.54) is 18.6 Å². The number of nitrogens with one attached hydrogen (secondary N) is 1. The molecule has 1 N–H and O–H groups in total. The number of halogens is 3. The van der Waals surface area contributed by atoms with Crippen LogP contribution in [-0.4, -0.2) is 19.9 Å². The Hall–Kier alpha value is -3.55. The molecular formula is C20H13F3N4O. The molecule has 0 amide bonds. The molecule has 0 saturated carbocycles. The van der Waals surface area contributed by atoms with Crippen molar-refractivity contribution >= 4 is 10.8 Å². The molecule has 0 unspecified atom stereocenters. The van der Waals surface area contributed by atoms with Crippen LogP contribution in [0.1, 0.15) is 16.8 Å². The molecule has 1 aromatic carbocycles. The number of H-pyrrole nitrogens is 1. The van der Waals surface area contributed by atoms with Crippen LogP contribution < -0.4 is 5.56 Å². The van der Waals surface area contributed by atoms with Gasteiger partial charge in [-0.15, -0.1) is 0 Å². The van der Waals surface area contributed by atoms with Crippen LogP contribution in [-0.2, 0) is 12.6 Å². The number of hydrogen-bond acceptors (Lipinski definition) is 4. The number of hydrogen-bond donors (Lipinski definition) is 1. The Labute approximate surface area is 156 Å². The molecule has 0 saturated heterocycles. The van der Waals surface area contributed by atoms with Gasteiger partial charge in [-0.3, -0.25) is 9.78 Å². The van der Waals surface area contributed by atoms with Crippen molar-refractivity contribution in [2.45, 2.75) is 12.6 Å². The zero-order chi connectivity index (χ0) is 19.7. The fourth-order valence-corrected chi connectivity index (χ4v) is 3.05. The smallest absolute Gasteiger partial charge is 0.329 e. The number of benzene rings is 1. The average Bonchev–Trinajstić information content (AvgIpc) is 2.68. The van der Waals surface area contributed by atoms with Crippen molar-refractivity contribution in [3.05, 3.63) is 88.5 Å². The molecule has 4 aromatic rings. The highest BCUT2D eigenvalue weighted by molar-refractivity contribution is 5.87. The van der Waals surface area contributed by atoms with E-state index in [9.17, 15) is 18.0 Å². The van der Waals surface area contributed by atoms with Crippen molar-refractivity contribution in [1.82, 2.24) is 19.9 Å². The van der Waals surface area contributed by atoms with Crippen molar-refractivity contribution in [3.8, 4) is 11.3 Å². The Morgan fingerprint density at radius 2 is 1.82 bits per heavy atom. The van der Waals surface area contributed by atoms with E-state index in [4.69, 9.17) is 0 Å². The lowest BCUT2D eigenvalue weighted by Crippen LogP contribution is -2.10. The van der Waals surface area contributed by atoms with E-state index in [2.05, 4.69) is 19.9 Å². The van der Waals surface area contributed by atoms with Gasteiger partial charge in [0.15, 0.2) is 0 Å². The molecule has 8 heteroatoms. The van der Waals surface area contributed by atoms with Crippen LogP contribution in [0.25, 0.3) is 22.0 Å². The van der Waals surface area contributed by atoms with Gasteiger partial charge in [-0.1, -0.05) is 18.2 Å². The molecule has 0 atom stereocenters. The van der Waals surface area contributed by atoms with Crippen molar-refractivity contribution in [2.24, 2.45) is 0 Å². The van der Waals surface area contributed by atoms with E-state index in [0.717, 1.165) is 12.1 Å². The van der Waals surface area contributed by atoms with E-state index in [1.54, 1.807) is 30.6 Å². The minimum Gasteiger partial charge on any atom is -0.329 e. The number of aromatic nitrogens is 4. The van der Waals surface area contributed by atoms with E-state index >= 15 is 0 Å². The molecular weight excluding hydrogens is 369 g/mol. The minimum absolute atomic E-state index is 0.0784. The number of aromatic amines is 1. The molecule has 0 radical (unpaired) electrons. The monoisotopic (exact) mass is 382 g/mol. The quantitative estimate of drug-likeness (QED) is 0.582. The summed E-state index contributed by atoms with van der Waals surface area (Å²) < 4.78 is 39.1. The summed E-state index contributed by atoms with van der Waals surface area (Å²) in [4.78, 5) is 27.4. The topological polar surface area (TPSA) is 71.5 Å². The van der Waals surface area contributed by atoms with Gasteiger partial charge in [0.2, 0.25) is 0 Å². The van der Waals surface area contributed by atoms with Crippen molar-refractivity contribution in [1.29, 1.82) is 0 Å². The molecule has 3 aromatic heterocycles. The lowest BCUT2D eigenvalue weighted by Gasteiger charge is -2.11. The molecule has 0 spiro atoms. The normalized spacial score (nSPS) is 11.7. The third-order valence-electron chi connectivity index (χ3n) is 4.31. The first kappa shape index (κ1) is 17.8. The Kier molecular flexibility index (Phi) is 4.38. The van der Waals surface area contributed by atoms with Crippen LogP contribution in [0.2, 0.25) is 0 Å². The van der Waals surface area contributed by atoms with Crippen LogP contribution in [0.5, 0.6) is 0 Å². The molecule has 28 heavy (non-hydrogen) atoms. The molecule has 0 aliphatic carbocycles. The van der Waals surface area contributed by atoms with E-state index in [-0.39, 0.29) is 12.0 Å². The van der Waals surface area contributed by atoms with Gasteiger partial charge in [0, 0.05) is 30.6 Å². The average molecular weight is 382 g/mol. The summed E-state index contributed by atoms with van der Waals surface area (Å²) in [5.41, 5.74) is 0.903. The van der Waals surface area contributed by atoms with Gasteiger partial charge in [0.1, 0.15) is 6.33 Å². The van der Waals surface area contributed by atoms with Gasteiger partial charge in [-0.05, 0) is 29.1 Å². The zero-order valence-electron chi connectivity index (χ0n) is 14.4. The Morgan fingerprint density at radius 3 is 2.57 bits per heavy atom. The van der Waals surface area contributed by atoms with Crippen molar-refractivity contribution < 1.29 is 13.2 Å². The number of pyridine rings is 2. The molecule has 0 bridgehead atoms. The molecule has 0 aliphatic heterocycles. The van der Waals surface area contributed by atoms with Gasteiger partial charge in [-0.25, -0.2) is 9.97 Å². The molecule has 5 nitrogen and oxygen atoms in total. The van der Waals surface area contributed by atoms with Crippen LogP contribution in [0.3, 0.4) is 0 Å². The fraction of sp³-hybridized carbons (Fsp3) is 0.100. The third-order valence-corrected chi connectivity index (χ3v) is 4.31. The van der Waals surface area contributed by atoms with Gasteiger partial charge in [0.05, 0.1) is 22.3 Å². The maximum atomic E-state index is 13.0. The van der Waals surface area contributed by atoms with Crippen LogP contribution in [0.4, 0.5) is 13.2 Å². The number of fused-ring (bicyclic) bond motifs is 1. The highest BCUT2D eigenvalue weighted by Crippen LogP contribution is 2.30. The summed E-state index contributed by atoms with van der Waals surface area (Å²) in [6, 6.07) is 8.47. The largest absolute Gasteiger partial charge is 0.416 e. The molecule has 0 aliphatic rings. The van der Waals surface area contributed by atoms with Gasteiger partial charge < -0.3 is 4.98 Å². The van der Waals surface area contributed by atoms with Crippen LogP contribution in [0.15, 0.2) is 66.1 Å². The fourth-order valence-electron chi connectivity index (χ4n) is 3.05. The third kappa shape index (κ3) is 3.48. The molecule has 3 heterocycles. The van der Waals surface area contributed by atoms with E-state index in [1.807, 2.05) is 0 Å². The van der Waals surface area contributed by atoms with Crippen LogP contribution in [0, 0.1) is 0 Å². The highest BCUT2D eigenvalue weighted by Gasteiger charge is 2.30. The van der Waals surface area contributed by atoms with Crippen molar-refractivity contribution in [2.75, 3.05) is 0 Å². The first-order chi connectivity index (χ1) is 13.4. The second-order valence-electron chi connectivity index (χ2n) is 6.23. The minimum atomic E-state index is -4.44. The van der Waals surface area contributed by atoms with Crippen LogP contribution >= 0.6 is 0 Å². The summed E-state index contributed by atoms with van der Waals surface area (Å²) in [5.74, 6) is 0. The molecule has 140 valence electrons. The Morgan fingerprint density at radius 1 is 1.04 bits per heavy atom. The van der Waals surface area contributed by atoms with E-state index < -0.39 is 11.7 Å². The SMILES string of the molecule is O=c1[nH]ccc2cc(-c3cncnc3)nc(Cc3cccc(C(F)(F)F)c3)c12. The molecule has 0 fully saturated rings. The predicted molar refractivity (Wildman–Crippen MR) is 97.6 cm³/mol. The second-order valence-corrected chi connectivity index (χ2v) is 6.23. The molecule has 4 rings (SSSR count). The number of alkyl halides is 3. The number of rotatable bonds is 3. The summed E-state index contributed by atoms with van der Waals surface area (Å²) in [5, 5.41) is 0.986.